The highest BCUT2D eigenvalue weighted by atomic mass is 16.5. The number of hydrogen-bond acceptors (Lipinski definition) is 3. The summed E-state index contributed by atoms with van der Waals surface area (Å²) in [6.45, 7) is 3.72. The van der Waals surface area contributed by atoms with Gasteiger partial charge in [0.1, 0.15) is 0 Å². The zero-order chi connectivity index (χ0) is 11.6. The van der Waals surface area contributed by atoms with Crippen molar-refractivity contribution in [1.82, 2.24) is 5.32 Å². The molecular formula is C13H23NO2. The van der Waals surface area contributed by atoms with Gasteiger partial charge in [-0.3, -0.25) is 0 Å². The topological polar surface area (TPSA) is 41.5 Å². The fourth-order valence-electron chi connectivity index (χ4n) is 1.91. The molecule has 0 spiro atoms. The van der Waals surface area contributed by atoms with Gasteiger partial charge in [-0.15, -0.1) is 11.8 Å². The van der Waals surface area contributed by atoms with Crippen LogP contribution in [0.25, 0.3) is 0 Å². The van der Waals surface area contributed by atoms with Gasteiger partial charge in [-0.1, -0.05) is 12.8 Å². The van der Waals surface area contributed by atoms with Crippen LogP contribution in [0.3, 0.4) is 0 Å². The van der Waals surface area contributed by atoms with E-state index in [2.05, 4.69) is 17.2 Å². The zero-order valence-corrected chi connectivity index (χ0v) is 10.2. The van der Waals surface area contributed by atoms with E-state index in [0.29, 0.717) is 19.3 Å². The molecule has 1 aliphatic rings. The van der Waals surface area contributed by atoms with E-state index in [1.807, 2.05) is 6.92 Å². The quantitative estimate of drug-likeness (QED) is 0.507. The molecule has 0 heterocycles. The summed E-state index contributed by atoms with van der Waals surface area (Å²) in [5.41, 5.74) is 0. The van der Waals surface area contributed by atoms with Gasteiger partial charge >= 0.3 is 0 Å². The van der Waals surface area contributed by atoms with Crippen LogP contribution in [0.15, 0.2) is 0 Å². The molecule has 2 N–H and O–H groups in total. The lowest BCUT2D eigenvalue weighted by molar-refractivity contribution is -0.00528. The van der Waals surface area contributed by atoms with Crippen molar-refractivity contribution >= 4 is 0 Å². The lowest BCUT2D eigenvalue weighted by atomic mass is 10.3. The summed E-state index contributed by atoms with van der Waals surface area (Å²) >= 11 is 0. The Kier molecular flexibility index (Phi) is 7.24. The number of hydrogen-bond donors (Lipinski definition) is 2. The van der Waals surface area contributed by atoms with Gasteiger partial charge in [0, 0.05) is 19.5 Å². The van der Waals surface area contributed by atoms with E-state index in [-0.39, 0.29) is 0 Å². The third kappa shape index (κ3) is 6.12. The lowest BCUT2D eigenvalue weighted by Crippen LogP contribution is -2.32. The molecule has 1 saturated carbocycles. The van der Waals surface area contributed by atoms with Crippen molar-refractivity contribution in [2.45, 2.75) is 51.2 Å². The van der Waals surface area contributed by atoms with Crippen molar-refractivity contribution < 1.29 is 9.84 Å². The first-order valence-corrected chi connectivity index (χ1v) is 6.23. The molecule has 0 aromatic rings. The molecule has 1 atom stereocenters. The maximum absolute atomic E-state index is 9.64. The molecule has 0 amide bonds. The maximum Gasteiger partial charge on any atom is 0.0897 e. The van der Waals surface area contributed by atoms with Crippen LogP contribution in [0.4, 0.5) is 0 Å². The summed E-state index contributed by atoms with van der Waals surface area (Å²) in [4.78, 5) is 0. The molecule has 1 unspecified atom stereocenters. The Labute approximate surface area is 98.6 Å². The van der Waals surface area contributed by atoms with Gasteiger partial charge in [-0.25, -0.2) is 0 Å². The Morgan fingerprint density at radius 3 is 2.88 bits per heavy atom. The van der Waals surface area contributed by atoms with Gasteiger partial charge < -0.3 is 15.2 Å². The van der Waals surface area contributed by atoms with Crippen LogP contribution < -0.4 is 5.32 Å². The number of ether oxygens (including phenoxy) is 1. The summed E-state index contributed by atoms with van der Waals surface area (Å²) in [6.07, 6.45) is 5.70. The standard InChI is InChI=1S/C13H23NO2/c1-2-3-6-9-14-10-12(15)11-16-13-7-4-5-8-13/h12-15H,4-11H2,1H3. The smallest absolute Gasteiger partial charge is 0.0897 e. The minimum Gasteiger partial charge on any atom is -0.389 e. The highest BCUT2D eigenvalue weighted by molar-refractivity contribution is 4.95. The van der Waals surface area contributed by atoms with Crippen LogP contribution in [-0.4, -0.2) is 37.0 Å². The molecule has 0 bridgehead atoms. The van der Waals surface area contributed by atoms with E-state index < -0.39 is 6.10 Å². The van der Waals surface area contributed by atoms with Gasteiger partial charge in [-0.05, 0) is 19.8 Å². The first-order valence-electron chi connectivity index (χ1n) is 6.23. The minimum absolute atomic E-state index is 0.389. The highest BCUT2D eigenvalue weighted by Crippen LogP contribution is 2.20. The summed E-state index contributed by atoms with van der Waals surface area (Å²) in [7, 11) is 0. The van der Waals surface area contributed by atoms with E-state index in [0.717, 1.165) is 25.8 Å². The van der Waals surface area contributed by atoms with Gasteiger partial charge in [-0.2, -0.15) is 0 Å². The van der Waals surface area contributed by atoms with Crippen LogP contribution in [0.5, 0.6) is 0 Å². The second-order valence-electron chi connectivity index (χ2n) is 4.27. The molecule has 0 aromatic heterocycles. The Morgan fingerprint density at radius 1 is 1.44 bits per heavy atom. The Hall–Kier alpha value is -0.560. The average molecular weight is 225 g/mol. The Morgan fingerprint density at radius 2 is 2.19 bits per heavy atom. The molecule has 3 heteroatoms. The highest BCUT2D eigenvalue weighted by Gasteiger charge is 2.16. The SMILES string of the molecule is CC#CCCNCC(O)COC1CCCC1. The Balaban J connectivity index is 1.92. The van der Waals surface area contributed by atoms with Crippen LogP contribution >= 0.6 is 0 Å². The van der Waals surface area contributed by atoms with E-state index >= 15 is 0 Å². The third-order valence-electron chi connectivity index (χ3n) is 2.81. The lowest BCUT2D eigenvalue weighted by Gasteiger charge is -2.15. The van der Waals surface area contributed by atoms with Gasteiger partial charge in [0.25, 0.3) is 0 Å². The fraction of sp³-hybridized carbons (Fsp3) is 0.846. The van der Waals surface area contributed by atoms with Crippen molar-refractivity contribution in [3.63, 3.8) is 0 Å². The molecule has 0 aliphatic heterocycles. The molecule has 16 heavy (non-hydrogen) atoms. The summed E-state index contributed by atoms with van der Waals surface area (Å²) < 4.78 is 5.62. The van der Waals surface area contributed by atoms with Crippen LogP contribution in [0.1, 0.15) is 39.0 Å². The molecule has 0 radical (unpaired) electrons. The normalized spacial score (nSPS) is 18.1. The monoisotopic (exact) mass is 225 g/mol. The molecule has 1 rings (SSSR count). The summed E-state index contributed by atoms with van der Waals surface area (Å²) in [6, 6.07) is 0. The minimum atomic E-state index is -0.393. The molecule has 3 nitrogen and oxygen atoms in total. The number of rotatable bonds is 7. The maximum atomic E-state index is 9.64. The van der Waals surface area contributed by atoms with E-state index in [1.165, 1.54) is 12.8 Å². The predicted octanol–water partition coefficient (Wildman–Crippen LogP) is 1.31. The van der Waals surface area contributed by atoms with Crippen molar-refractivity contribution in [2.24, 2.45) is 0 Å². The van der Waals surface area contributed by atoms with Crippen molar-refractivity contribution in [3.05, 3.63) is 0 Å². The zero-order valence-electron chi connectivity index (χ0n) is 10.2. The fourth-order valence-corrected chi connectivity index (χ4v) is 1.91. The summed E-state index contributed by atoms with van der Waals surface area (Å²) in [5.74, 6) is 5.81. The number of aliphatic hydroxyl groups excluding tert-OH is 1. The molecular weight excluding hydrogens is 202 g/mol. The molecule has 1 fully saturated rings. The molecule has 92 valence electrons. The third-order valence-corrected chi connectivity index (χ3v) is 2.81. The van der Waals surface area contributed by atoms with Crippen molar-refractivity contribution in [2.75, 3.05) is 19.7 Å². The molecule has 0 aromatic carbocycles. The van der Waals surface area contributed by atoms with E-state index in [1.54, 1.807) is 0 Å². The molecule has 1 aliphatic carbocycles. The van der Waals surface area contributed by atoms with Gasteiger partial charge in [0.15, 0.2) is 0 Å². The van der Waals surface area contributed by atoms with Crippen LogP contribution in [-0.2, 0) is 4.74 Å². The van der Waals surface area contributed by atoms with Crippen molar-refractivity contribution in [3.8, 4) is 11.8 Å². The van der Waals surface area contributed by atoms with E-state index in [9.17, 15) is 5.11 Å². The van der Waals surface area contributed by atoms with Crippen molar-refractivity contribution in [1.29, 1.82) is 0 Å². The predicted molar refractivity (Wildman–Crippen MR) is 65.2 cm³/mol. The second kappa shape index (κ2) is 8.58. The Bertz CT molecular complexity index is 226. The average Bonchev–Trinajstić information content (AvgIpc) is 2.79. The first kappa shape index (κ1) is 13.5. The first-order chi connectivity index (χ1) is 7.83. The largest absolute Gasteiger partial charge is 0.389 e. The van der Waals surface area contributed by atoms with Crippen LogP contribution in [0, 0.1) is 11.8 Å². The van der Waals surface area contributed by atoms with E-state index in [4.69, 9.17) is 4.74 Å². The van der Waals surface area contributed by atoms with Gasteiger partial charge in [0.05, 0.1) is 18.8 Å². The second-order valence-corrected chi connectivity index (χ2v) is 4.27. The van der Waals surface area contributed by atoms with Crippen LogP contribution in [0.2, 0.25) is 0 Å². The number of nitrogens with one attached hydrogen (secondary N) is 1. The van der Waals surface area contributed by atoms with Gasteiger partial charge in [0.2, 0.25) is 0 Å². The molecule has 0 saturated heterocycles. The summed E-state index contributed by atoms with van der Waals surface area (Å²) in [5, 5.41) is 12.8. The number of aliphatic hydroxyl groups is 1.